The van der Waals surface area contributed by atoms with Crippen LogP contribution in [0.15, 0.2) is 24.4 Å². The third-order valence-electron chi connectivity index (χ3n) is 2.21. The quantitative estimate of drug-likeness (QED) is 0.728. The van der Waals surface area contributed by atoms with Crippen LogP contribution in [0.4, 0.5) is 5.82 Å². The first-order valence-corrected chi connectivity index (χ1v) is 4.79. The maximum atomic E-state index is 8.82. The molecule has 0 aliphatic heterocycles. The van der Waals surface area contributed by atoms with Gasteiger partial charge in [0.05, 0.1) is 12.0 Å². The molecule has 1 atom stereocenters. The fraction of sp³-hybridized carbons (Fsp3) is 0.455. The van der Waals surface area contributed by atoms with Gasteiger partial charge in [-0.3, -0.25) is 0 Å². The minimum absolute atomic E-state index is 0.0852. The van der Waals surface area contributed by atoms with Crippen molar-refractivity contribution in [1.29, 1.82) is 5.26 Å². The molecule has 74 valence electrons. The average molecular weight is 189 g/mol. The lowest BCUT2D eigenvalue weighted by molar-refractivity contribution is 0.628. The summed E-state index contributed by atoms with van der Waals surface area (Å²) >= 11 is 0. The average Bonchev–Trinajstić information content (AvgIpc) is 2.26. The summed E-state index contributed by atoms with van der Waals surface area (Å²) in [6.45, 7) is 2.77. The van der Waals surface area contributed by atoms with Crippen molar-refractivity contribution in [3.8, 4) is 6.07 Å². The van der Waals surface area contributed by atoms with Crippen molar-refractivity contribution in [3.05, 3.63) is 24.4 Å². The molecule has 14 heavy (non-hydrogen) atoms. The molecule has 0 saturated heterocycles. The van der Waals surface area contributed by atoms with E-state index in [1.54, 1.807) is 6.20 Å². The van der Waals surface area contributed by atoms with E-state index in [1.165, 1.54) is 0 Å². The molecule has 0 N–H and O–H groups in total. The first-order valence-electron chi connectivity index (χ1n) is 4.79. The van der Waals surface area contributed by atoms with Gasteiger partial charge in [0, 0.05) is 19.8 Å². The van der Waals surface area contributed by atoms with E-state index >= 15 is 0 Å². The summed E-state index contributed by atoms with van der Waals surface area (Å²) in [7, 11) is 1.96. The predicted molar refractivity (Wildman–Crippen MR) is 56.9 cm³/mol. The van der Waals surface area contributed by atoms with Crippen LogP contribution in [0, 0.1) is 17.2 Å². The zero-order valence-corrected chi connectivity index (χ0v) is 8.64. The molecule has 1 rings (SSSR count). The molecule has 0 bridgehead atoms. The number of hydrogen-bond acceptors (Lipinski definition) is 3. The van der Waals surface area contributed by atoms with Gasteiger partial charge in [-0.25, -0.2) is 4.98 Å². The zero-order valence-electron chi connectivity index (χ0n) is 8.64. The van der Waals surface area contributed by atoms with Gasteiger partial charge in [0.25, 0.3) is 0 Å². The fourth-order valence-electron chi connectivity index (χ4n) is 1.26. The monoisotopic (exact) mass is 189 g/mol. The highest BCUT2D eigenvalue weighted by Crippen LogP contribution is 2.10. The number of hydrogen-bond donors (Lipinski definition) is 0. The Labute approximate surface area is 85.0 Å². The molecule has 0 saturated carbocycles. The highest BCUT2D eigenvalue weighted by molar-refractivity contribution is 5.36. The van der Waals surface area contributed by atoms with Gasteiger partial charge >= 0.3 is 0 Å². The Hall–Kier alpha value is -1.56. The third-order valence-corrected chi connectivity index (χ3v) is 2.21. The minimum atomic E-state index is 0.0852. The Balaban J connectivity index is 2.59. The molecule has 0 aliphatic carbocycles. The summed E-state index contributed by atoms with van der Waals surface area (Å²) in [6.07, 6.45) is 2.65. The Bertz CT molecular complexity index is 302. The molecule has 1 unspecified atom stereocenters. The molecule has 3 heteroatoms. The van der Waals surface area contributed by atoms with E-state index in [0.717, 1.165) is 18.8 Å². The van der Waals surface area contributed by atoms with Crippen molar-refractivity contribution >= 4 is 5.82 Å². The molecule has 1 aromatic heterocycles. The van der Waals surface area contributed by atoms with E-state index in [1.807, 2.05) is 37.1 Å². The second-order valence-corrected chi connectivity index (χ2v) is 3.30. The number of pyridine rings is 1. The van der Waals surface area contributed by atoms with E-state index < -0.39 is 0 Å². The number of nitrogens with zero attached hydrogens (tertiary/aromatic N) is 3. The maximum Gasteiger partial charge on any atom is 0.128 e. The third kappa shape index (κ3) is 2.74. The van der Waals surface area contributed by atoms with E-state index in [4.69, 9.17) is 5.26 Å². The summed E-state index contributed by atoms with van der Waals surface area (Å²) in [5.41, 5.74) is 0. The lowest BCUT2D eigenvalue weighted by Crippen LogP contribution is -2.25. The lowest BCUT2D eigenvalue weighted by Gasteiger charge is -2.19. The van der Waals surface area contributed by atoms with Gasteiger partial charge in [0.15, 0.2) is 0 Å². The van der Waals surface area contributed by atoms with Crippen LogP contribution in [0.3, 0.4) is 0 Å². The first kappa shape index (κ1) is 10.5. The van der Waals surface area contributed by atoms with Crippen LogP contribution in [0.2, 0.25) is 0 Å². The van der Waals surface area contributed by atoms with E-state index in [9.17, 15) is 0 Å². The van der Waals surface area contributed by atoms with Gasteiger partial charge in [0.1, 0.15) is 5.82 Å². The van der Waals surface area contributed by atoms with Crippen LogP contribution in [0.1, 0.15) is 13.3 Å². The summed E-state index contributed by atoms with van der Waals surface area (Å²) in [6, 6.07) is 8.07. The topological polar surface area (TPSA) is 39.9 Å². The van der Waals surface area contributed by atoms with Crippen molar-refractivity contribution < 1.29 is 0 Å². The lowest BCUT2D eigenvalue weighted by atomic mass is 10.1. The SMILES string of the molecule is CCC(C#N)CN(C)c1ccccn1. The largest absolute Gasteiger partial charge is 0.358 e. The van der Waals surface area contributed by atoms with Gasteiger partial charge in [0.2, 0.25) is 0 Å². The highest BCUT2D eigenvalue weighted by atomic mass is 15.2. The van der Waals surface area contributed by atoms with Crippen LogP contribution in [-0.2, 0) is 0 Å². The van der Waals surface area contributed by atoms with Crippen LogP contribution in [0.25, 0.3) is 0 Å². The molecule has 0 aliphatic rings. The zero-order chi connectivity index (χ0) is 10.4. The molecular weight excluding hydrogens is 174 g/mol. The van der Waals surface area contributed by atoms with Crippen LogP contribution in [-0.4, -0.2) is 18.6 Å². The van der Waals surface area contributed by atoms with Gasteiger partial charge in [-0.1, -0.05) is 13.0 Å². The Morgan fingerprint density at radius 2 is 2.36 bits per heavy atom. The molecule has 0 fully saturated rings. The van der Waals surface area contributed by atoms with Gasteiger partial charge in [-0.2, -0.15) is 5.26 Å². The second kappa shape index (κ2) is 5.23. The van der Waals surface area contributed by atoms with Gasteiger partial charge in [-0.15, -0.1) is 0 Å². The maximum absolute atomic E-state index is 8.82. The van der Waals surface area contributed by atoms with E-state index in [-0.39, 0.29) is 5.92 Å². The van der Waals surface area contributed by atoms with Gasteiger partial charge in [-0.05, 0) is 18.6 Å². The standard InChI is InChI=1S/C11H15N3/c1-3-10(8-12)9-14(2)11-6-4-5-7-13-11/h4-7,10H,3,9H2,1-2H3. The van der Waals surface area contributed by atoms with Crippen molar-refractivity contribution in [3.63, 3.8) is 0 Å². The van der Waals surface area contributed by atoms with Crippen molar-refractivity contribution in [2.75, 3.05) is 18.5 Å². The Morgan fingerprint density at radius 3 is 2.86 bits per heavy atom. The molecular formula is C11H15N3. The molecule has 1 heterocycles. The summed E-state index contributed by atoms with van der Waals surface area (Å²) in [4.78, 5) is 6.23. The Kier molecular flexibility index (Phi) is 3.93. The number of nitriles is 1. The molecule has 3 nitrogen and oxygen atoms in total. The second-order valence-electron chi connectivity index (χ2n) is 3.30. The molecule has 0 radical (unpaired) electrons. The fourth-order valence-corrected chi connectivity index (χ4v) is 1.26. The molecule has 0 amide bonds. The molecule has 0 aromatic carbocycles. The smallest absolute Gasteiger partial charge is 0.128 e. The first-order chi connectivity index (χ1) is 6.77. The normalized spacial score (nSPS) is 11.8. The summed E-state index contributed by atoms with van der Waals surface area (Å²) in [5, 5.41) is 8.82. The van der Waals surface area contributed by atoms with Crippen molar-refractivity contribution in [1.82, 2.24) is 4.98 Å². The van der Waals surface area contributed by atoms with Crippen molar-refractivity contribution in [2.45, 2.75) is 13.3 Å². The molecule has 0 spiro atoms. The Morgan fingerprint density at radius 1 is 1.57 bits per heavy atom. The van der Waals surface area contributed by atoms with Crippen LogP contribution >= 0.6 is 0 Å². The molecule has 1 aromatic rings. The highest BCUT2D eigenvalue weighted by Gasteiger charge is 2.09. The minimum Gasteiger partial charge on any atom is -0.358 e. The number of anilines is 1. The van der Waals surface area contributed by atoms with E-state index in [2.05, 4.69) is 11.1 Å². The van der Waals surface area contributed by atoms with Crippen molar-refractivity contribution in [2.24, 2.45) is 5.92 Å². The van der Waals surface area contributed by atoms with Crippen LogP contribution < -0.4 is 4.90 Å². The number of aromatic nitrogens is 1. The van der Waals surface area contributed by atoms with Gasteiger partial charge < -0.3 is 4.90 Å². The predicted octanol–water partition coefficient (Wildman–Crippen LogP) is 2.07. The van der Waals surface area contributed by atoms with Crippen LogP contribution in [0.5, 0.6) is 0 Å². The summed E-state index contributed by atoms with van der Waals surface area (Å²) in [5.74, 6) is 1.00. The van der Waals surface area contributed by atoms with E-state index in [0.29, 0.717) is 0 Å². The number of rotatable bonds is 4. The summed E-state index contributed by atoms with van der Waals surface area (Å²) < 4.78 is 0.